The van der Waals surface area contributed by atoms with Crippen molar-refractivity contribution in [3.05, 3.63) is 12.2 Å². The molecule has 0 amide bonds. The molecule has 4 nitrogen and oxygen atoms in total. The molecule has 0 aromatic heterocycles. The molecule has 0 aliphatic carbocycles. The fourth-order valence-electron chi connectivity index (χ4n) is 5.33. The molecule has 4 heteroatoms. The van der Waals surface area contributed by atoms with Gasteiger partial charge in [-0.15, -0.1) is 0 Å². The van der Waals surface area contributed by atoms with Crippen molar-refractivity contribution in [3.63, 3.8) is 0 Å². The summed E-state index contributed by atoms with van der Waals surface area (Å²) in [7, 11) is 0. The van der Waals surface area contributed by atoms with E-state index in [0.717, 1.165) is 51.4 Å². The highest BCUT2D eigenvalue weighted by Gasteiger charge is 2.11. The zero-order valence-corrected chi connectivity index (χ0v) is 26.9. The van der Waals surface area contributed by atoms with Crippen LogP contribution in [0.1, 0.15) is 200 Å². The Hall–Kier alpha value is -1.32. The number of carbonyl (C=O) groups is 2. The van der Waals surface area contributed by atoms with Gasteiger partial charge >= 0.3 is 11.9 Å². The van der Waals surface area contributed by atoms with Gasteiger partial charge in [0.05, 0.1) is 0 Å². The molecular weight excluding hydrogens is 496 g/mol. The summed E-state index contributed by atoms with van der Waals surface area (Å²) in [5, 5.41) is 8.78. The number of carboxylic acid groups (broad SMARTS) is 1. The molecule has 0 fully saturated rings. The fraction of sp³-hybridized carbons (Fsp3) is 0.889. The van der Waals surface area contributed by atoms with Gasteiger partial charge in [-0.05, 0) is 44.6 Å². The van der Waals surface area contributed by atoms with Gasteiger partial charge in [0.15, 0.2) is 0 Å². The number of allylic oxidation sites excluding steroid dienone is 1. The number of hydrogen-bond donors (Lipinski definition) is 1. The molecule has 0 rings (SSSR count). The minimum absolute atomic E-state index is 0.0625. The second-order valence-corrected chi connectivity index (χ2v) is 12.1. The number of ether oxygens (including phenoxy) is 1. The topological polar surface area (TPSA) is 63.6 Å². The maximum atomic E-state index is 12.5. The normalized spacial score (nSPS) is 12.2. The zero-order chi connectivity index (χ0) is 29.4. The molecule has 1 unspecified atom stereocenters. The van der Waals surface area contributed by atoms with Gasteiger partial charge in [0.1, 0.15) is 6.10 Å². The average molecular weight is 565 g/mol. The van der Waals surface area contributed by atoms with Gasteiger partial charge in [-0.2, -0.15) is 0 Å². The monoisotopic (exact) mass is 565 g/mol. The highest BCUT2D eigenvalue weighted by molar-refractivity contribution is 5.69. The van der Waals surface area contributed by atoms with E-state index in [1.165, 1.54) is 122 Å². The molecule has 0 aromatic rings. The maximum Gasteiger partial charge on any atom is 0.306 e. The standard InChI is InChI=1S/C36H68O4/c1-3-5-7-9-11-12-13-14-15-16-17-18-19-20-21-23-29-33-36(39)40-34(30-26-22-10-8-6-4-2)31-27-24-25-28-32-35(37)38/h26,30,34H,3-25,27-29,31-33H2,1-2H3,(H,37,38)/b30-26-. The minimum Gasteiger partial charge on any atom is -0.481 e. The zero-order valence-electron chi connectivity index (χ0n) is 26.9. The number of carbonyl (C=O) groups excluding carboxylic acids is 1. The highest BCUT2D eigenvalue weighted by atomic mass is 16.5. The number of rotatable bonds is 32. The van der Waals surface area contributed by atoms with Crippen LogP contribution in [0.25, 0.3) is 0 Å². The summed E-state index contributed by atoms with van der Waals surface area (Å²) in [6, 6.07) is 0. The molecule has 0 aliphatic rings. The molecule has 0 radical (unpaired) electrons. The van der Waals surface area contributed by atoms with E-state index < -0.39 is 5.97 Å². The maximum absolute atomic E-state index is 12.5. The Labute approximate surface area is 249 Å². The lowest BCUT2D eigenvalue weighted by Gasteiger charge is -2.15. The molecule has 0 spiro atoms. The smallest absolute Gasteiger partial charge is 0.306 e. The van der Waals surface area contributed by atoms with Gasteiger partial charge in [0, 0.05) is 12.8 Å². The van der Waals surface area contributed by atoms with Crippen LogP contribution < -0.4 is 0 Å². The van der Waals surface area contributed by atoms with E-state index in [-0.39, 0.29) is 18.5 Å². The van der Waals surface area contributed by atoms with Crippen molar-refractivity contribution in [2.24, 2.45) is 0 Å². The Bertz CT molecular complexity index is 571. The van der Waals surface area contributed by atoms with Gasteiger partial charge in [0.25, 0.3) is 0 Å². The molecule has 0 saturated heterocycles. The molecular formula is C36H68O4. The second-order valence-electron chi connectivity index (χ2n) is 12.1. The predicted octanol–water partition coefficient (Wildman–Crippen LogP) is 11.9. The molecule has 0 saturated carbocycles. The Balaban J connectivity index is 3.83. The lowest BCUT2D eigenvalue weighted by molar-refractivity contribution is -0.147. The molecule has 40 heavy (non-hydrogen) atoms. The van der Waals surface area contributed by atoms with Crippen molar-refractivity contribution in [2.75, 3.05) is 0 Å². The van der Waals surface area contributed by atoms with Crippen LogP contribution in [-0.2, 0) is 14.3 Å². The summed E-state index contributed by atoms with van der Waals surface area (Å²) >= 11 is 0. The van der Waals surface area contributed by atoms with E-state index in [2.05, 4.69) is 26.0 Å². The molecule has 0 bridgehead atoms. The van der Waals surface area contributed by atoms with E-state index >= 15 is 0 Å². The summed E-state index contributed by atoms with van der Waals surface area (Å²) in [5.74, 6) is -0.783. The Morgan fingerprint density at radius 2 is 0.950 bits per heavy atom. The van der Waals surface area contributed by atoms with Crippen molar-refractivity contribution in [1.29, 1.82) is 0 Å². The molecule has 236 valence electrons. The van der Waals surface area contributed by atoms with E-state index in [1.807, 2.05) is 0 Å². The van der Waals surface area contributed by atoms with Crippen LogP contribution in [-0.4, -0.2) is 23.1 Å². The summed E-state index contributed by atoms with van der Waals surface area (Å²) in [5.41, 5.74) is 0. The van der Waals surface area contributed by atoms with Crippen LogP contribution in [0.5, 0.6) is 0 Å². The first-order chi connectivity index (χ1) is 19.6. The largest absolute Gasteiger partial charge is 0.481 e. The van der Waals surface area contributed by atoms with Gasteiger partial charge < -0.3 is 9.84 Å². The van der Waals surface area contributed by atoms with Gasteiger partial charge in [0.2, 0.25) is 0 Å². The van der Waals surface area contributed by atoms with E-state index in [9.17, 15) is 9.59 Å². The summed E-state index contributed by atoms with van der Waals surface area (Å²) in [4.78, 5) is 23.1. The van der Waals surface area contributed by atoms with Crippen LogP contribution in [0.2, 0.25) is 0 Å². The molecule has 1 N–H and O–H groups in total. The highest BCUT2D eigenvalue weighted by Crippen LogP contribution is 2.16. The van der Waals surface area contributed by atoms with Crippen molar-refractivity contribution in [1.82, 2.24) is 0 Å². The van der Waals surface area contributed by atoms with Crippen LogP contribution in [0, 0.1) is 0 Å². The third-order valence-corrected chi connectivity index (χ3v) is 7.97. The second kappa shape index (κ2) is 32.2. The number of carboxylic acids is 1. The molecule has 1 atom stereocenters. The summed E-state index contributed by atoms with van der Waals surface area (Å²) in [6.45, 7) is 4.51. The quantitative estimate of drug-likeness (QED) is 0.0501. The third-order valence-electron chi connectivity index (χ3n) is 7.97. The average Bonchev–Trinajstić information content (AvgIpc) is 2.93. The van der Waals surface area contributed by atoms with Gasteiger partial charge in [-0.3, -0.25) is 9.59 Å². The first-order valence-corrected chi connectivity index (χ1v) is 17.7. The molecule has 0 heterocycles. The van der Waals surface area contributed by atoms with E-state index in [4.69, 9.17) is 9.84 Å². The third kappa shape index (κ3) is 31.2. The Morgan fingerprint density at radius 1 is 0.550 bits per heavy atom. The van der Waals surface area contributed by atoms with Gasteiger partial charge in [-0.25, -0.2) is 0 Å². The first kappa shape index (κ1) is 38.7. The van der Waals surface area contributed by atoms with Crippen LogP contribution in [0.3, 0.4) is 0 Å². The lowest BCUT2D eigenvalue weighted by atomic mass is 10.0. The van der Waals surface area contributed by atoms with Crippen LogP contribution >= 0.6 is 0 Å². The van der Waals surface area contributed by atoms with Crippen molar-refractivity contribution in [3.8, 4) is 0 Å². The van der Waals surface area contributed by atoms with E-state index in [1.54, 1.807) is 0 Å². The van der Waals surface area contributed by atoms with E-state index in [0.29, 0.717) is 6.42 Å². The van der Waals surface area contributed by atoms with Crippen LogP contribution in [0.15, 0.2) is 12.2 Å². The Kier molecular flexibility index (Phi) is 31.1. The summed E-state index contributed by atoms with van der Waals surface area (Å²) in [6.07, 6.45) is 38.2. The number of esters is 1. The number of hydrogen-bond acceptors (Lipinski definition) is 3. The minimum atomic E-state index is -0.720. The summed E-state index contributed by atoms with van der Waals surface area (Å²) < 4.78 is 5.83. The fourth-order valence-corrected chi connectivity index (χ4v) is 5.33. The van der Waals surface area contributed by atoms with Gasteiger partial charge in [-0.1, -0.05) is 155 Å². The number of unbranched alkanes of at least 4 members (excludes halogenated alkanes) is 23. The Morgan fingerprint density at radius 3 is 1.43 bits per heavy atom. The van der Waals surface area contributed by atoms with Crippen molar-refractivity contribution < 1.29 is 19.4 Å². The first-order valence-electron chi connectivity index (χ1n) is 17.7. The van der Waals surface area contributed by atoms with Crippen molar-refractivity contribution >= 4 is 11.9 Å². The SMILES string of the molecule is CCCCCC/C=C\C(CCCCCCC(=O)O)OC(=O)CCCCCCCCCCCCCCCCCCC. The van der Waals surface area contributed by atoms with Crippen LogP contribution in [0.4, 0.5) is 0 Å². The lowest BCUT2D eigenvalue weighted by Crippen LogP contribution is -2.16. The molecule has 0 aromatic carbocycles. The molecule has 0 aliphatic heterocycles. The number of aliphatic carboxylic acids is 1. The predicted molar refractivity (Wildman–Crippen MR) is 172 cm³/mol. The van der Waals surface area contributed by atoms with Crippen molar-refractivity contribution in [2.45, 2.75) is 206 Å².